The van der Waals surface area contributed by atoms with Crippen molar-refractivity contribution < 1.29 is 24.5 Å². The summed E-state index contributed by atoms with van der Waals surface area (Å²) < 4.78 is 12.9. The van der Waals surface area contributed by atoms with E-state index in [2.05, 4.69) is 9.97 Å². The highest BCUT2D eigenvalue weighted by Crippen LogP contribution is 2.43. The molecule has 0 radical (unpaired) electrons. The first-order valence-electron chi connectivity index (χ1n) is 8.55. The minimum absolute atomic E-state index is 0.295. The minimum Gasteiger partial charge on any atom is -0.451 e. The second kappa shape index (κ2) is 6.14. The summed E-state index contributed by atoms with van der Waals surface area (Å²) in [6.45, 7) is 0. The van der Waals surface area contributed by atoms with Gasteiger partial charge in [0.25, 0.3) is 0 Å². The molecule has 5 atom stereocenters. The molecule has 144 valence electrons. The Morgan fingerprint density at radius 3 is 2.82 bits per heavy atom. The van der Waals surface area contributed by atoms with Crippen LogP contribution in [0.25, 0.3) is 11.0 Å². The lowest BCUT2D eigenvalue weighted by atomic mass is 9.97. The fraction of sp³-hybridized carbons (Fsp3) is 0.278. The van der Waals surface area contributed by atoms with Crippen LogP contribution in [0.2, 0.25) is 5.02 Å². The van der Waals surface area contributed by atoms with E-state index in [-0.39, 0.29) is 0 Å². The summed E-state index contributed by atoms with van der Waals surface area (Å²) in [4.78, 5) is 20.3. The van der Waals surface area contributed by atoms with Gasteiger partial charge < -0.3 is 30.0 Å². The van der Waals surface area contributed by atoms with Gasteiger partial charge in [-0.2, -0.15) is 0 Å². The van der Waals surface area contributed by atoms with Gasteiger partial charge in [0.2, 0.25) is 0 Å². The van der Waals surface area contributed by atoms with E-state index < -0.39 is 36.6 Å². The molecule has 9 nitrogen and oxygen atoms in total. The number of hydrogen-bond donors (Lipinski definition) is 3. The van der Waals surface area contributed by atoms with Crippen LogP contribution < -0.4 is 5.73 Å². The maximum absolute atomic E-state index is 12.2. The van der Waals surface area contributed by atoms with Crippen LogP contribution in [0, 0.1) is 0 Å². The normalized spacial score (nSPS) is 29.2. The molecule has 1 saturated heterocycles. The van der Waals surface area contributed by atoms with E-state index in [1.165, 1.54) is 12.4 Å². The summed E-state index contributed by atoms with van der Waals surface area (Å²) in [7, 11) is 0. The smallest absolute Gasteiger partial charge is 0.339 e. The quantitative estimate of drug-likeness (QED) is 0.544. The largest absolute Gasteiger partial charge is 0.451 e. The minimum atomic E-state index is -1.29. The number of aromatic nitrogens is 3. The summed E-state index contributed by atoms with van der Waals surface area (Å²) in [5.41, 5.74) is 7.18. The van der Waals surface area contributed by atoms with E-state index in [9.17, 15) is 15.0 Å². The number of nitrogen functional groups attached to an aromatic ring is 1. The molecule has 4 N–H and O–H groups in total. The number of aliphatic hydroxyl groups is 2. The number of nitrogens with two attached hydrogens (primary N) is 1. The van der Waals surface area contributed by atoms with Crippen molar-refractivity contribution in [2.75, 3.05) is 5.73 Å². The molecular formula is C18H15ClN4O5. The van der Waals surface area contributed by atoms with E-state index in [4.69, 9.17) is 26.8 Å². The molecule has 1 aromatic carbocycles. The lowest BCUT2D eigenvalue weighted by Gasteiger charge is -2.21. The Morgan fingerprint density at radius 2 is 2.00 bits per heavy atom. The van der Waals surface area contributed by atoms with E-state index in [0.717, 1.165) is 0 Å². The van der Waals surface area contributed by atoms with Crippen molar-refractivity contribution in [2.24, 2.45) is 0 Å². The van der Waals surface area contributed by atoms with Gasteiger partial charge in [0.15, 0.2) is 12.3 Å². The number of hydrogen-bond acceptors (Lipinski definition) is 8. The van der Waals surface area contributed by atoms with Gasteiger partial charge in [-0.15, -0.1) is 0 Å². The standard InChI is InChI=1S/C18H15ClN4O5/c19-7-1-2-8-10(5-7)18(26)28-13(8)14-11(24)12(25)17(27-14)23-4-3-9-15(20)21-6-22-16(9)23/h1-6,11-14,17,24-25H,(H2,20,21,22)/t11-,12+,13+,14-,17+/m0/s1. The zero-order chi connectivity index (χ0) is 19.6. The van der Waals surface area contributed by atoms with Crippen molar-refractivity contribution in [1.82, 2.24) is 14.5 Å². The SMILES string of the molecule is Nc1ncnc2c1ccn2[C@@H]1O[C@H]([C@@H]2OC(=O)c3cc(Cl)ccc32)[C@@H](O)[C@H]1O. The molecule has 0 spiro atoms. The van der Waals surface area contributed by atoms with Gasteiger partial charge in [-0.3, -0.25) is 0 Å². The van der Waals surface area contributed by atoms with Crippen LogP contribution in [-0.2, 0) is 9.47 Å². The molecule has 5 rings (SSSR count). The molecule has 0 aliphatic carbocycles. The highest BCUT2D eigenvalue weighted by Gasteiger charge is 2.51. The summed E-state index contributed by atoms with van der Waals surface area (Å²) >= 11 is 5.95. The van der Waals surface area contributed by atoms with E-state index in [1.54, 1.807) is 29.0 Å². The number of halogens is 1. The third kappa shape index (κ3) is 2.41. The number of carbonyl (C=O) groups excluding carboxylic acids is 1. The van der Waals surface area contributed by atoms with Gasteiger partial charge >= 0.3 is 5.97 Å². The number of aliphatic hydroxyl groups excluding tert-OH is 2. The molecule has 2 aliphatic rings. The molecule has 0 saturated carbocycles. The fourth-order valence-electron chi connectivity index (χ4n) is 3.80. The topological polar surface area (TPSA) is 133 Å². The fourth-order valence-corrected chi connectivity index (χ4v) is 3.97. The van der Waals surface area contributed by atoms with E-state index in [0.29, 0.717) is 33.0 Å². The molecule has 4 heterocycles. The van der Waals surface area contributed by atoms with Crippen LogP contribution in [0.15, 0.2) is 36.8 Å². The molecule has 28 heavy (non-hydrogen) atoms. The van der Waals surface area contributed by atoms with Crippen LogP contribution >= 0.6 is 11.6 Å². The van der Waals surface area contributed by atoms with E-state index >= 15 is 0 Å². The average Bonchev–Trinajstić information content (AvgIpc) is 3.32. The Morgan fingerprint density at radius 1 is 1.18 bits per heavy atom. The van der Waals surface area contributed by atoms with Crippen molar-refractivity contribution >= 4 is 34.4 Å². The highest BCUT2D eigenvalue weighted by atomic mass is 35.5. The third-order valence-corrected chi connectivity index (χ3v) is 5.40. The van der Waals surface area contributed by atoms with Crippen LogP contribution in [0.4, 0.5) is 5.82 Å². The molecule has 3 aromatic rings. The van der Waals surface area contributed by atoms with Crippen LogP contribution in [0.5, 0.6) is 0 Å². The monoisotopic (exact) mass is 402 g/mol. The Balaban J connectivity index is 1.51. The second-order valence-corrected chi connectivity index (χ2v) is 7.19. The summed E-state index contributed by atoms with van der Waals surface area (Å²) in [6, 6.07) is 6.49. The van der Waals surface area contributed by atoms with Crippen LogP contribution in [-0.4, -0.2) is 49.0 Å². The summed E-state index contributed by atoms with van der Waals surface area (Å²) in [6.07, 6.45) is -2.39. The van der Waals surface area contributed by atoms with E-state index in [1.807, 2.05) is 0 Å². The number of nitrogens with zero attached hydrogens (tertiary/aromatic N) is 3. The van der Waals surface area contributed by atoms with Crippen molar-refractivity contribution in [3.8, 4) is 0 Å². The van der Waals surface area contributed by atoms with Crippen molar-refractivity contribution in [1.29, 1.82) is 0 Å². The second-order valence-electron chi connectivity index (χ2n) is 6.75. The van der Waals surface area contributed by atoms with Crippen LogP contribution in [0.3, 0.4) is 0 Å². The maximum atomic E-state index is 12.2. The van der Waals surface area contributed by atoms with Gasteiger partial charge in [0.05, 0.1) is 10.9 Å². The number of fused-ring (bicyclic) bond motifs is 2. The molecule has 2 aliphatic heterocycles. The van der Waals surface area contributed by atoms with Gasteiger partial charge in [-0.1, -0.05) is 17.7 Å². The number of carbonyl (C=O) groups is 1. The Kier molecular flexibility index (Phi) is 3.81. The summed E-state index contributed by atoms with van der Waals surface area (Å²) in [5, 5.41) is 22.2. The summed E-state index contributed by atoms with van der Waals surface area (Å²) in [5.74, 6) is -0.257. The van der Waals surface area contributed by atoms with Crippen LogP contribution in [0.1, 0.15) is 28.3 Å². The zero-order valence-electron chi connectivity index (χ0n) is 14.3. The van der Waals surface area contributed by atoms with Gasteiger partial charge in [-0.05, 0) is 18.2 Å². The highest BCUT2D eigenvalue weighted by molar-refractivity contribution is 6.31. The maximum Gasteiger partial charge on any atom is 0.339 e. The number of ether oxygens (including phenoxy) is 2. The van der Waals surface area contributed by atoms with Gasteiger partial charge in [-0.25, -0.2) is 14.8 Å². The Hall–Kier alpha value is -2.72. The predicted octanol–water partition coefficient (Wildman–Crippen LogP) is 1.20. The third-order valence-electron chi connectivity index (χ3n) is 5.16. The molecule has 0 amide bonds. The first-order chi connectivity index (χ1) is 13.5. The van der Waals surface area contributed by atoms with Crippen molar-refractivity contribution in [2.45, 2.75) is 30.6 Å². The molecule has 1 fully saturated rings. The van der Waals surface area contributed by atoms with Crippen molar-refractivity contribution in [3.05, 3.63) is 52.9 Å². The number of esters is 1. The molecular weight excluding hydrogens is 388 g/mol. The first kappa shape index (κ1) is 17.4. The Bertz CT molecular complexity index is 1100. The molecule has 10 heteroatoms. The molecule has 2 aromatic heterocycles. The Labute approximate surface area is 163 Å². The lowest BCUT2D eigenvalue weighted by molar-refractivity contribution is -0.0864. The number of benzene rings is 1. The lowest BCUT2D eigenvalue weighted by Crippen LogP contribution is -2.35. The number of cyclic esters (lactones) is 1. The van der Waals surface area contributed by atoms with Gasteiger partial charge in [0, 0.05) is 16.8 Å². The molecule has 0 unspecified atom stereocenters. The number of anilines is 1. The first-order valence-corrected chi connectivity index (χ1v) is 8.92. The predicted molar refractivity (Wildman–Crippen MR) is 97.5 cm³/mol. The zero-order valence-corrected chi connectivity index (χ0v) is 15.0. The molecule has 0 bridgehead atoms. The average molecular weight is 403 g/mol. The van der Waals surface area contributed by atoms with Crippen molar-refractivity contribution in [3.63, 3.8) is 0 Å². The number of rotatable bonds is 2. The van der Waals surface area contributed by atoms with Gasteiger partial charge in [0.1, 0.15) is 36.1 Å².